The monoisotopic (exact) mass is 92.0 g/mol. The molecule has 0 heterocycles. The molecular weight excluding hydrogens is 83.7 g/mol. The van der Waals surface area contributed by atoms with Crippen LogP contribution in [0.5, 0.6) is 0 Å². The van der Waals surface area contributed by atoms with Crippen molar-refractivity contribution in [2.24, 2.45) is 0 Å². The van der Waals surface area contributed by atoms with Gasteiger partial charge in [-0.25, -0.2) is 0 Å². The van der Waals surface area contributed by atoms with E-state index in [4.69, 9.17) is 0 Å². The predicted octanol–water partition coefficient (Wildman–Crippen LogP) is -3.66. The van der Waals surface area contributed by atoms with E-state index in [0.29, 0.717) is 0 Å². The van der Waals surface area contributed by atoms with Crippen molar-refractivity contribution in [2.45, 2.75) is 0 Å². The molecule has 0 aliphatic heterocycles. The van der Waals surface area contributed by atoms with E-state index in [-0.39, 0.29) is 97.8 Å². The van der Waals surface area contributed by atoms with Crippen molar-refractivity contribution in [3.8, 4) is 0 Å². The number of hydrogen-bond donors (Lipinski definition) is 0. The Morgan fingerprint density at radius 3 is 0.750 bits per heavy atom. The maximum absolute atomic E-state index is 0. The van der Waals surface area contributed by atoms with E-state index in [0.717, 1.165) is 0 Å². The van der Waals surface area contributed by atoms with Crippen LogP contribution in [0.4, 0.5) is 0 Å². The fourth-order valence-corrected chi connectivity index (χ4v) is 0. The SMILES string of the molecule is B.B.[KH].[NaH]. The molecule has 0 radical (unpaired) electrons. The van der Waals surface area contributed by atoms with E-state index in [9.17, 15) is 0 Å². The summed E-state index contributed by atoms with van der Waals surface area (Å²) in [5, 5.41) is 0. The number of hydrogen-bond acceptors (Lipinski definition) is 0. The molecule has 0 saturated carbocycles. The average molecular weight is 91.8 g/mol. The molecule has 0 atom stereocenters. The Kier molecular flexibility index (Phi) is 126. The van der Waals surface area contributed by atoms with Gasteiger partial charge in [0.05, 0.1) is 16.8 Å². The van der Waals surface area contributed by atoms with Gasteiger partial charge in [0.25, 0.3) is 0 Å². The molecule has 0 aromatic carbocycles. The van der Waals surface area contributed by atoms with Crippen molar-refractivity contribution in [3.05, 3.63) is 0 Å². The molecule has 0 aliphatic carbocycles. The second-order valence-electron chi connectivity index (χ2n) is 0. The molecule has 0 aromatic rings. The summed E-state index contributed by atoms with van der Waals surface area (Å²) >= 11 is 0. The summed E-state index contributed by atoms with van der Waals surface area (Å²) in [5.41, 5.74) is 0. The van der Waals surface area contributed by atoms with Gasteiger partial charge in [-0.1, -0.05) is 0 Å². The molecule has 0 saturated heterocycles. The first kappa shape index (κ1) is 29.4. The zero-order valence-electron chi connectivity index (χ0n) is 0. The van der Waals surface area contributed by atoms with Crippen molar-refractivity contribution >= 4 is 97.8 Å². The molecule has 16 valence electrons. The zero-order chi connectivity index (χ0) is 0. The van der Waals surface area contributed by atoms with Gasteiger partial charge < -0.3 is 0 Å². The molecule has 0 N–H and O–H groups in total. The van der Waals surface area contributed by atoms with Crippen LogP contribution in [0.15, 0.2) is 0 Å². The molecule has 0 amide bonds. The van der Waals surface area contributed by atoms with Crippen LogP contribution in [-0.4, -0.2) is 97.8 Å². The topological polar surface area (TPSA) is 0 Å². The van der Waals surface area contributed by atoms with Crippen LogP contribution in [0.25, 0.3) is 0 Å². The van der Waals surface area contributed by atoms with Crippen LogP contribution >= 0.6 is 0 Å². The third kappa shape index (κ3) is 8.84. The van der Waals surface area contributed by atoms with Crippen molar-refractivity contribution in [3.63, 3.8) is 0 Å². The summed E-state index contributed by atoms with van der Waals surface area (Å²) < 4.78 is 0. The van der Waals surface area contributed by atoms with Gasteiger partial charge in [0.2, 0.25) is 0 Å². The van der Waals surface area contributed by atoms with Crippen LogP contribution in [0.1, 0.15) is 0 Å². The Morgan fingerprint density at radius 2 is 0.750 bits per heavy atom. The maximum atomic E-state index is 0. The van der Waals surface area contributed by atoms with E-state index < -0.39 is 0 Å². The standard InChI is InChI=1S/2BH3.K.Na.2H/h2*1H3;;;;. The molecule has 0 aromatic heterocycles. The summed E-state index contributed by atoms with van der Waals surface area (Å²) in [5.74, 6) is 0. The fourth-order valence-electron chi connectivity index (χ4n) is 0. The van der Waals surface area contributed by atoms with Crippen LogP contribution in [0, 0.1) is 0 Å². The van der Waals surface area contributed by atoms with E-state index in [2.05, 4.69) is 0 Å². The Balaban J connectivity index is 0. The Labute approximate surface area is 95.3 Å². The second-order valence-corrected chi connectivity index (χ2v) is 0. The first-order chi connectivity index (χ1) is 0. The molecule has 4 heteroatoms. The molecule has 0 unspecified atom stereocenters. The fraction of sp³-hybridized carbons (Fsp3) is 0. The Morgan fingerprint density at radius 1 is 0.750 bits per heavy atom. The number of rotatable bonds is 0. The first-order valence-electron chi connectivity index (χ1n) is 0. The molecule has 0 fully saturated rings. The molecule has 0 spiro atoms. The van der Waals surface area contributed by atoms with E-state index in [1.54, 1.807) is 0 Å². The third-order valence-corrected chi connectivity index (χ3v) is 0. The normalized spacial score (nSPS) is 0. The minimum absolute atomic E-state index is 0. The van der Waals surface area contributed by atoms with E-state index in [1.807, 2.05) is 0 Å². The van der Waals surface area contributed by atoms with Gasteiger partial charge in [-0.15, -0.1) is 0 Å². The molecule has 0 nitrogen and oxygen atoms in total. The van der Waals surface area contributed by atoms with Crippen molar-refractivity contribution in [2.75, 3.05) is 0 Å². The van der Waals surface area contributed by atoms with Crippen LogP contribution in [-0.2, 0) is 0 Å². The Bertz CT molecular complexity index is 6.00. The van der Waals surface area contributed by atoms with Crippen molar-refractivity contribution < 1.29 is 0 Å². The van der Waals surface area contributed by atoms with Crippen molar-refractivity contribution in [1.82, 2.24) is 0 Å². The van der Waals surface area contributed by atoms with Gasteiger partial charge in [-0.05, 0) is 0 Å². The van der Waals surface area contributed by atoms with Crippen LogP contribution in [0.3, 0.4) is 0 Å². The summed E-state index contributed by atoms with van der Waals surface area (Å²) in [7, 11) is 0. The van der Waals surface area contributed by atoms with E-state index >= 15 is 0 Å². The molecular formula is H8B2KNa. The minimum atomic E-state index is 0. The summed E-state index contributed by atoms with van der Waals surface area (Å²) in [6, 6.07) is 0. The molecule has 0 rings (SSSR count). The van der Waals surface area contributed by atoms with Gasteiger partial charge in [0.1, 0.15) is 0 Å². The second kappa shape index (κ2) is 17.1. The summed E-state index contributed by atoms with van der Waals surface area (Å²) in [4.78, 5) is 0. The zero-order valence-corrected chi connectivity index (χ0v) is 0. The van der Waals surface area contributed by atoms with Gasteiger partial charge in [0.15, 0.2) is 0 Å². The van der Waals surface area contributed by atoms with Crippen molar-refractivity contribution in [1.29, 1.82) is 0 Å². The predicted molar refractivity (Wildman–Crippen MR) is 34.2 cm³/mol. The van der Waals surface area contributed by atoms with Gasteiger partial charge in [-0.3, -0.25) is 0 Å². The molecule has 0 bridgehead atoms. The quantitative estimate of drug-likeness (QED) is 0.270. The van der Waals surface area contributed by atoms with Gasteiger partial charge in [0, 0.05) is 0 Å². The Hall–Kier alpha value is 2.77. The van der Waals surface area contributed by atoms with Gasteiger partial charge >= 0.3 is 80.9 Å². The first-order valence-corrected chi connectivity index (χ1v) is 0. The molecule has 0 aliphatic rings. The van der Waals surface area contributed by atoms with E-state index in [1.165, 1.54) is 0 Å². The summed E-state index contributed by atoms with van der Waals surface area (Å²) in [6.45, 7) is 0. The van der Waals surface area contributed by atoms with Gasteiger partial charge in [-0.2, -0.15) is 0 Å². The van der Waals surface area contributed by atoms with Crippen LogP contribution < -0.4 is 0 Å². The molecule has 4 heavy (non-hydrogen) atoms. The third-order valence-electron chi connectivity index (χ3n) is 0. The average Bonchev–Trinajstić information content (AvgIpc) is 0. The van der Waals surface area contributed by atoms with Crippen LogP contribution in [0.2, 0.25) is 0 Å². The summed E-state index contributed by atoms with van der Waals surface area (Å²) in [6.07, 6.45) is 0.